The van der Waals surface area contributed by atoms with E-state index in [0.717, 1.165) is 36.3 Å². The Hall–Kier alpha value is -1.20. The Labute approximate surface area is 157 Å². The summed E-state index contributed by atoms with van der Waals surface area (Å²) in [7, 11) is 0. The molecule has 0 nitrogen and oxygen atoms in total. The van der Waals surface area contributed by atoms with Crippen molar-refractivity contribution in [3.63, 3.8) is 0 Å². The summed E-state index contributed by atoms with van der Waals surface area (Å²) in [6.07, 6.45) is 11.8. The molecule has 0 spiro atoms. The van der Waals surface area contributed by atoms with Crippen molar-refractivity contribution < 1.29 is 4.20 Å². The topological polar surface area (TPSA) is 0 Å². The van der Waals surface area contributed by atoms with Crippen LogP contribution in [0.2, 0.25) is 0 Å². The molecule has 0 amide bonds. The number of rotatable bonds is 2. The molecule has 0 N–H and O–H groups in total. The molecule has 0 radical (unpaired) electrons. The number of fused-ring (bicyclic) bond motifs is 3. The summed E-state index contributed by atoms with van der Waals surface area (Å²) in [6, 6.07) is 17.1. The monoisotopic (exact) mass is 368 g/mol. The Morgan fingerprint density at radius 2 is 0.962 bits per heavy atom. The molecule has 5 rings (SSSR count). The first-order valence-electron chi connectivity index (χ1n) is 10.7. The fourth-order valence-electron chi connectivity index (χ4n) is 6.58. The standard InChI is InChI=1S/C24H30FP/c25-26(19-11-3-1-4-12-19,20-13-5-2-6-14-20)23-17-9-7-15-21(23)22-16-8-10-18-24(22)26/h7-10,15-20H,1-6,11-14H2. The number of hydrogen-bond donors (Lipinski definition) is 0. The molecule has 0 saturated heterocycles. The van der Waals surface area contributed by atoms with Crippen LogP contribution >= 0.6 is 6.91 Å². The molecule has 0 atom stereocenters. The van der Waals surface area contributed by atoms with Crippen molar-refractivity contribution in [2.45, 2.75) is 75.5 Å². The van der Waals surface area contributed by atoms with Gasteiger partial charge in [0.2, 0.25) is 0 Å². The molecule has 0 unspecified atom stereocenters. The van der Waals surface area contributed by atoms with E-state index in [-0.39, 0.29) is 11.3 Å². The molecule has 2 fully saturated rings. The minimum atomic E-state index is -3.69. The summed E-state index contributed by atoms with van der Waals surface area (Å²) in [5.41, 5.74) is 2.92. The quantitative estimate of drug-likeness (QED) is 0.516. The van der Waals surface area contributed by atoms with E-state index in [1.807, 2.05) is 0 Å². The van der Waals surface area contributed by atoms with E-state index in [1.165, 1.54) is 49.7 Å². The second kappa shape index (κ2) is 6.16. The maximum absolute atomic E-state index is 18.6. The van der Waals surface area contributed by atoms with Crippen molar-refractivity contribution in [1.29, 1.82) is 0 Å². The van der Waals surface area contributed by atoms with Gasteiger partial charge < -0.3 is 0 Å². The van der Waals surface area contributed by atoms with E-state index >= 15 is 4.20 Å². The zero-order chi connectivity index (χ0) is 17.6. The van der Waals surface area contributed by atoms with Gasteiger partial charge in [0.25, 0.3) is 0 Å². The molecule has 2 aliphatic carbocycles. The Kier molecular flexibility index (Phi) is 4.02. The van der Waals surface area contributed by atoms with Crippen LogP contribution in [0.4, 0.5) is 4.20 Å². The molecule has 138 valence electrons. The predicted molar refractivity (Wildman–Crippen MR) is 113 cm³/mol. The summed E-state index contributed by atoms with van der Waals surface area (Å²) >= 11 is 0. The van der Waals surface area contributed by atoms with Gasteiger partial charge >= 0.3 is 157 Å². The van der Waals surface area contributed by atoms with E-state index in [0.29, 0.717) is 0 Å². The number of benzene rings is 2. The molecule has 2 heteroatoms. The summed E-state index contributed by atoms with van der Waals surface area (Å²) in [5, 5.41) is 2.25. The van der Waals surface area contributed by atoms with Crippen molar-refractivity contribution in [1.82, 2.24) is 0 Å². The fraction of sp³-hybridized carbons (Fsp3) is 0.500. The van der Waals surface area contributed by atoms with Crippen LogP contribution in [-0.4, -0.2) is 11.3 Å². The van der Waals surface area contributed by atoms with Gasteiger partial charge in [0.05, 0.1) is 0 Å². The Balaban J connectivity index is 1.84. The van der Waals surface area contributed by atoms with E-state index in [9.17, 15) is 0 Å². The summed E-state index contributed by atoms with van der Waals surface area (Å²) < 4.78 is 18.6. The van der Waals surface area contributed by atoms with Crippen molar-refractivity contribution in [2.24, 2.45) is 0 Å². The average Bonchev–Trinajstić information content (AvgIpc) is 2.98. The molecule has 1 heterocycles. The van der Waals surface area contributed by atoms with Crippen LogP contribution in [0.25, 0.3) is 11.1 Å². The van der Waals surface area contributed by atoms with Crippen molar-refractivity contribution in [3.8, 4) is 11.1 Å². The van der Waals surface area contributed by atoms with Crippen molar-refractivity contribution >= 4 is 17.5 Å². The third kappa shape index (κ3) is 2.04. The van der Waals surface area contributed by atoms with Gasteiger partial charge in [-0.05, 0) is 0 Å². The minimum absolute atomic E-state index is 0.252. The van der Waals surface area contributed by atoms with E-state index in [2.05, 4.69) is 48.5 Å². The normalized spacial score (nSPS) is 26.4. The van der Waals surface area contributed by atoms with E-state index in [1.54, 1.807) is 0 Å². The van der Waals surface area contributed by atoms with Crippen LogP contribution in [0.1, 0.15) is 64.2 Å². The first-order valence-corrected chi connectivity index (χ1v) is 12.9. The van der Waals surface area contributed by atoms with Crippen molar-refractivity contribution in [2.75, 3.05) is 0 Å². The third-order valence-electron chi connectivity index (χ3n) is 7.65. The molecule has 2 aromatic rings. The molecule has 1 aliphatic heterocycles. The molecular weight excluding hydrogens is 338 g/mol. The molecule has 0 aromatic heterocycles. The molecule has 26 heavy (non-hydrogen) atoms. The van der Waals surface area contributed by atoms with Gasteiger partial charge in [-0.15, -0.1) is 0 Å². The molecule has 2 aromatic carbocycles. The maximum atomic E-state index is 18.6. The zero-order valence-electron chi connectivity index (χ0n) is 15.7. The van der Waals surface area contributed by atoms with E-state index < -0.39 is 6.91 Å². The Morgan fingerprint density at radius 1 is 0.577 bits per heavy atom. The first-order chi connectivity index (χ1) is 12.7. The molecular formula is C24H30FP. The van der Waals surface area contributed by atoms with Crippen LogP contribution < -0.4 is 10.6 Å². The van der Waals surface area contributed by atoms with Gasteiger partial charge in [-0.25, -0.2) is 0 Å². The molecule has 2 saturated carbocycles. The first kappa shape index (κ1) is 16.9. The fourth-order valence-corrected chi connectivity index (χ4v) is 13.9. The Morgan fingerprint density at radius 3 is 1.38 bits per heavy atom. The van der Waals surface area contributed by atoms with Crippen LogP contribution in [0, 0.1) is 0 Å². The third-order valence-corrected chi connectivity index (χ3v) is 14.3. The molecule has 3 aliphatic rings. The average molecular weight is 368 g/mol. The van der Waals surface area contributed by atoms with Gasteiger partial charge in [0, 0.05) is 0 Å². The van der Waals surface area contributed by atoms with Crippen molar-refractivity contribution in [3.05, 3.63) is 48.5 Å². The zero-order valence-corrected chi connectivity index (χ0v) is 16.6. The second-order valence-corrected chi connectivity index (χ2v) is 13.5. The van der Waals surface area contributed by atoms with Gasteiger partial charge in [0.1, 0.15) is 0 Å². The number of hydrogen-bond acceptors (Lipinski definition) is 0. The second-order valence-electron chi connectivity index (χ2n) is 8.76. The Bertz CT molecular complexity index is 747. The number of halogens is 1. The summed E-state index contributed by atoms with van der Waals surface area (Å²) in [4.78, 5) is 0. The summed E-state index contributed by atoms with van der Waals surface area (Å²) in [6.45, 7) is -3.69. The predicted octanol–water partition coefficient (Wildman–Crippen LogP) is 6.72. The van der Waals surface area contributed by atoms with Gasteiger partial charge in [-0.3, -0.25) is 0 Å². The summed E-state index contributed by atoms with van der Waals surface area (Å²) in [5.74, 6) is 0. The van der Waals surface area contributed by atoms with Crippen LogP contribution in [-0.2, 0) is 0 Å². The van der Waals surface area contributed by atoms with Crippen LogP contribution in [0.15, 0.2) is 48.5 Å². The molecule has 0 bridgehead atoms. The van der Waals surface area contributed by atoms with Gasteiger partial charge in [-0.2, -0.15) is 0 Å². The van der Waals surface area contributed by atoms with Crippen LogP contribution in [0.5, 0.6) is 0 Å². The SMILES string of the molecule is FP1(C2CCCCC2)(C2CCCCC2)c2ccccc2-c2ccccc21. The van der Waals surface area contributed by atoms with Gasteiger partial charge in [0.15, 0.2) is 0 Å². The van der Waals surface area contributed by atoms with Crippen LogP contribution in [0.3, 0.4) is 0 Å². The van der Waals surface area contributed by atoms with E-state index in [4.69, 9.17) is 0 Å². The van der Waals surface area contributed by atoms with Gasteiger partial charge in [-0.1, -0.05) is 0 Å².